The molecule has 226 valence electrons. The fourth-order valence-corrected chi connectivity index (χ4v) is 1.42. The maximum Gasteiger partial charge on any atom is 0.211 e. The quantitative estimate of drug-likeness (QED) is 0.130. The number of allylic oxidation sites excluding steroid dienone is 2. The van der Waals surface area contributed by atoms with E-state index in [2.05, 4.69) is 111 Å². The van der Waals surface area contributed by atoms with Crippen molar-refractivity contribution < 1.29 is 83.5 Å². The van der Waals surface area contributed by atoms with Crippen molar-refractivity contribution >= 4 is 85.8 Å². The Morgan fingerprint density at radius 2 is 1.20 bits per heavy atom. The Morgan fingerprint density at radius 1 is 0.900 bits per heavy atom. The van der Waals surface area contributed by atoms with Crippen molar-refractivity contribution in [3.63, 3.8) is 0 Å². The Bertz CT molecular complexity index is 797. The number of carbonyl (C=O) groups excluding carboxylic acids is 1. The largest absolute Gasteiger partial charge is 0.389 e. The van der Waals surface area contributed by atoms with Crippen molar-refractivity contribution in [1.29, 1.82) is 5.26 Å². The molecule has 0 amide bonds. The maximum absolute atomic E-state index is 10.5. The average Bonchev–Trinajstić information content (AvgIpc) is 3.03. The molecule has 0 aliphatic carbocycles. The van der Waals surface area contributed by atoms with Crippen LogP contribution in [0.5, 0.6) is 0 Å². The fraction of sp³-hybridized carbons (Fsp3) is 0.367. The van der Waals surface area contributed by atoms with E-state index in [-0.39, 0.29) is 71.2 Å². The minimum atomic E-state index is -0.185. The molecule has 40 heavy (non-hydrogen) atoms. The van der Waals surface area contributed by atoms with Gasteiger partial charge in [-0.2, -0.15) is 24.3 Å². The molecule has 0 atom stereocenters. The van der Waals surface area contributed by atoms with Gasteiger partial charge < -0.3 is 9.64 Å². The smallest absolute Gasteiger partial charge is 0.211 e. The second-order valence-electron chi connectivity index (χ2n) is 4.72. The molecule has 0 aliphatic rings. The van der Waals surface area contributed by atoms with Crippen LogP contribution in [0.3, 0.4) is 0 Å². The number of Topliss-reactive ketones (excluding diaryl/α,β-unsaturated/α-hetero) is 1. The van der Waals surface area contributed by atoms with Gasteiger partial charge in [0.25, 0.3) is 0 Å². The first-order valence-electron chi connectivity index (χ1n) is 12.0. The van der Waals surface area contributed by atoms with Crippen molar-refractivity contribution in [2.45, 2.75) is 69.2 Å². The summed E-state index contributed by atoms with van der Waals surface area (Å²) >= 11 is 9.54. The number of nitrogens with zero attached hydrogens (tertiary/aromatic N) is 2. The van der Waals surface area contributed by atoms with Crippen LogP contribution in [0.4, 0.5) is 0 Å². The van der Waals surface area contributed by atoms with Gasteiger partial charge in [-0.25, -0.2) is 49.9 Å². The van der Waals surface area contributed by atoms with Crippen molar-refractivity contribution in [1.82, 2.24) is 0 Å². The van der Waals surface area contributed by atoms with Crippen LogP contribution in [0.2, 0.25) is 0 Å². The van der Waals surface area contributed by atoms with E-state index in [0.717, 1.165) is 11.1 Å². The summed E-state index contributed by atoms with van der Waals surface area (Å²) in [7, 11) is 0. The first-order chi connectivity index (χ1) is 18.4. The molecule has 2 aromatic rings. The molecular formula is C30H44I5N2OY2-5. The molecule has 0 aromatic heterocycles. The number of halogens is 5. The van der Waals surface area contributed by atoms with Gasteiger partial charge in [0.05, 0.1) is 0 Å². The molecule has 0 aliphatic heterocycles. The first kappa shape index (κ1) is 65.2. The number of rotatable bonds is 2. The molecule has 2 aromatic carbocycles. The fourth-order valence-electron chi connectivity index (χ4n) is 1.42. The van der Waals surface area contributed by atoms with Crippen LogP contribution in [0.25, 0.3) is 10.4 Å². The number of ketones is 1. The molecule has 0 N–H and O–H groups in total. The Hall–Kier alpha value is 2.43. The van der Waals surface area contributed by atoms with E-state index < -0.39 is 0 Å². The molecule has 0 unspecified atom stereocenters. The van der Waals surface area contributed by atoms with Crippen molar-refractivity contribution in [3.05, 3.63) is 103 Å². The van der Waals surface area contributed by atoms with Gasteiger partial charge in [-0.1, -0.05) is 68.1 Å². The van der Waals surface area contributed by atoms with E-state index in [4.69, 9.17) is 11.8 Å². The molecule has 2 rings (SSSR count). The van der Waals surface area contributed by atoms with E-state index in [1.165, 1.54) is 0 Å². The van der Waals surface area contributed by atoms with Crippen LogP contribution < -0.4 is 13.3 Å². The van der Waals surface area contributed by atoms with Gasteiger partial charge in [-0.15, -0.1) is 17.7 Å². The minimum absolute atomic E-state index is 0. The van der Waals surface area contributed by atoms with Gasteiger partial charge in [0.15, 0.2) is 0 Å². The third-order valence-electron chi connectivity index (χ3n) is 2.82. The Kier molecular flexibility index (Phi) is 112. The van der Waals surface area contributed by atoms with Crippen LogP contribution >= 0.6 is 74.5 Å². The normalized spacial score (nSPS) is 7.30. The van der Waals surface area contributed by atoms with Gasteiger partial charge in [0.2, 0.25) is 6.54 Å². The third-order valence-corrected chi connectivity index (χ3v) is 2.82. The van der Waals surface area contributed by atoms with Crippen molar-refractivity contribution in [3.8, 4) is 6.07 Å². The molecule has 0 bridgehead atoms. The summed E-state index contributed by atoms with van der Waals surface area (Å²) in [5.74, 6) is -0.185. The zero-order valence-corrected chi connectivity index (χ0v) is 42.1. The maximum atomic E-state index is 10.5. The van der Waals surface area contributed by atoms with Crippen LogP contribution in [-0.2, 0) is 65.4 Å². The van der Waals surface area contributed by atoms with Crippen LogP contribution in [0.15, 0.2) is 54.1 Å². The minimum Gasteiger partial charge on any atom is -0.389 e. The number of hydrogen-bond acceptors (Lipinski definition) is 2. The van der Waals surface area contributed by atoms with Crippen molar-refractivity contribution in [2.75, 3.05) is 6.54 Å². The van der Waals surface area contributed by atoms with Gasteiger partial charge in [-0.05, 0) is 0 Å². The standard InChI is InChI=1S/C11H9N.C8H6O.C3H5N.4C2H6.I3.I2.2Y/c1-9(8-12)10(2)11-6-4-3-5-7-11;1-7(9)8-5-3-2-4-6-8;1-3-4-2;4*1-2;1-3-2;1-2;;/h3-6H,2H2,1H3;2-5H,1H2;3H2,1H3;4*1-2H3;;;;/q2*-2;;;;;;-1;;;/b10-9+;;;;;;;;;;. The Labute approximate surface area is 352 Å². The van der Waals surface area contributed by atoms with E-state index >= 15 is 0 Å². The average molecular weight is 1260 g/mol. The number of carbonyl (C=O) groups is 1. The van der Waals surface area contributed by atoms with Gasteiger partial charge >= 0.3 is 50.5 Å². The SMILES string of the molecule is CC.CC.CC.CC.II.I[I-]I.[C-]#[N+]CC.[CH2-]/C(=C(/C)C#N)c1[c-]cccc1.[CH2-]C(=O)c1[c-]cccc1.[Y].[Y]. The second kappa shape index (κ2) is 68.6. The number of benzene rings is 2. The first-order valence-corrected chi connectivity index (χ1v) is 30.8. The molecule has 0 saturated carbocycles. The van der Waals surface area contributed by atoms with E-state index in [1.807, 2.05) is 92.6 Å². The van der Waals surface area contributed by atoms with E-state index in [1.54, 1.807) is 25.1 Å². The monoisotopic (exact) mass is 1260 g/mol. The molecular weight excluding hydrogens is 1220 g/mol. The van der Waals surface area contributed by atoms with Gasteiger partial charge in [-0.3, -0.25) is 16.7 Å². The Balaban J connectivity index is -0.0000000437. The van der Waals surface area contributed by atoms with Crippen LogP contribution in [0.1, 0.15) is 85.2 Å². The number of hydrogen-bond donors (Lipinski definition) is 0. The van der Waals surface area contributed by atoms with Gasteiger partial charge in [0.1, 0.15) is 0 Å². The van der Waals surface area contributed by atoms with E-state index in [9.17, 15) is 4.79 Å². The summed E-state index contributed by atoms with van der Waals surface area (Å²) in [6, 6.07) is 22.3. The van der Waals surface area contributed by atoms with Crippen molar-refractivity contribution in [2.24, 2.45) is 0 Å². The predicted octanol–water partition coefficient (Wildman–Crippen LogP) is 9.69. The van der Waals surface area contributed by atoms with E-state index in [0.29, 0.717) is 30.9 Å². The summed E-state index contributed by atoms with van der Waals surface area (Å²) in [4.78, 5) is 13.5. The van der Waals surface area contributed by atoms with Gasteiger partial charge in [0, 0.05) is 116 Å². The molecule has 0 spiro atoms. The molecule has 2 radical (unpaired) electrons. The molecule has 0 heterocycles. The molecule has 10 heteroatoms. The summed E-state index contributed by atoms with van der Waals surface area (Å²) in [5, 5.41) is 8.60. The summed E-state index contributed by atoms with van der Waals surface area (Å²) in [6.07, 6.45) is 0. The van der Waals surface area contributed by atoms with Crippen LogP contribution in [0, 0.1) is 43.9 Å². The Morgan fingerprint density at radius 3 is 1.38 bits per heavy atom. The summed E-state index contributed by atoms with van der Waals surface area (Å²) in [5.41, 5.74) is 2.81. The number of nitriles is 1. The predicted molar refractivity (Wildman–Crippen MR) is 202 cm³/mol. The van der Waals surface area contributed by atoms with Crippen LogP contribution in [-0.4, -0.2) is 12.3 Å². The molecule has 0 saturated heterocycles. The summed E-state index contributed by atoms with van der Waals surface area (Å²) < 4.78 is 0. The second-order valence-corrected chi connectivity index (χ2v) is 21.0. The summed E-state index contributed by atoms with van der Waals surface area (Å²) in [6.45, 7) is 33.3. The third kappa shape index (κ3) is 56.2. The zero-order chi connectivity index (χ0) is 31.8. The molecule has 3 nitrogen and oxygen atoms in total. The molecule has 0 fully saturated rings. The zero-order valence-electron chi connectivity index (χ0n) is 25.6. The topological polar surface area (TPSA) is 45.2 Å².